The van der Waals surface area contributed by atoms with E-state index in [2.05, 4.69) is 26.1 Å². The third-order valence-electron chi connectivity index (χ3n) is 3.83. The summed E-state index contributed by atoms with van der Waals surface area (Å²) in [5.41, 5.74) is 0.240. The quantitative estimate of drug-likeness (QED) is 0.483. The van der Waals surface area contributed by atoms with Crippen LogP contribution in [0.15, 0.2) is 0 Å². The molecule has 0 heterocycles. The lowest BCUT2D eigenvalue weighted by molar-refractivity contribution is 0.236. The minimum absolute atomic E-state index is 0.240. The minimum atomic E-state index is 0.240. The van der Waals surface area contributed by atoms with Crippen molar-refractivity contribution >= 4 is 0 Å². The molecule has 0 unspecified atom stereocenters. The van der Waals surface area contributed by atoms with E-state index in [0.717, 1.165) is 6.54 Å². The summed E-state index contributed by atoms with van der Waals surface area (Å²) in [6.45, 7) is 7.83. The topological polar surface area (TPSA) is 32.3 Å². The molecule has 0 saturated carbocycles. The zero-order chi connectivity index (χ0) is 13.7. The maximum atomic E-state index is 8.99. The van der Waals surface area contributed by atoms with Gasteiger partial charge in [0, 0.05) is 12.1 Å². The van der Waals surface area contributed by atoms with Gasteiger partial charge in [-0.15, -0.1) is 0 Å². The van der Waals surface area contributed by atoms with Crippen LogP contribution >= 0.6 is 0 Å². The average molecular weight is 257 g/mol. The van der Waals surface area contributed by atoms with Crippen LogP contribution in [0.5, 0.6) is 0 Å². The third kappa shape index (κ3) is 9.90. The predicted octanol–water partition coefficient (Wildman–Crippen LogP) is 4.27. The molecule has 0 fully saturated rings. The van der Waals surface area contributed by atoms with Gasteiger partial charge in [0.1, 0.15) is 0 Å². The van der Waals surface area contributed by atoms with E-state index in [1.807, 2.05) is 0 Å². The largest absolute Gasteiger partial charge is 0.395 e. The maximum Gasteiger partial charge on any atom is 0.0556 e. The SMILES string of the molecule is CCCCCCC(C)(CCCCCC)NCCO. The molecule has 0 amide bonds. The first-order chi connectivity index (χ1) is 8.68. The first-order valence-electron chi connectivity index (χ1n) is 8.04. The maximum absolute atomic E-state index is 8.99. The number of hydrogen-bond donors (Lipinski definition) is 2. The van der Waals surface area contributed by atoms with Crippen LogP contribution in [0.2, 0.25) is 0 Å². The van der Waals surface area contributed by atoms with E-state index in [1.165, 1.54) is 64.2 Å². The molecule has 0 aliphatic rings. The molecule has 0 bridgehead atoms. The van der Waals surface area contributed by atoms with Crippen LogP contribution in [0.3, 0.4) is 0 Å². The van der Waals surface area contributed by atoms with Crippen molar-refractivity contribution in [2.45, 2.75) is 90.5 Å². The van der Waals surface area contributed by atoms with E-state index in [-0.39, 0.29) is 12.1 Å². The van der Waals surface area contributed by atoms with Crippen molar-refractivity contribution in [3.05, 3.63) is 0 Å². The fourth-order valence-electron chi connectivity index (χ4n) is 2.54. The van der Waals surface area contributed by atoms with Gasteiger partial charge in [0.2, 0.25) is 0 Å². The van der Waals surface area contributed by atoms with Crippen molar-refractivity contribution in [3.63, 3.8) is 0 Å². The number of nitrogens with one attached hydrogen (secondary N) is 1. The van der Waals surface area contributed by atoms with Crippen LogP contribution in [0, 0.1) is 0 Å². The van der Waals surface area contributed by atoms with Crippen molar-refractivity contribution in [1.29, 1.82) is 0 Å². The molecule has 110 valence electrons. The zero-order valence-electron chi connectivity index (χ0n) is 12.9. The molecule has 0 aromatic heterocycles. The lowest BCUT2D eigenvalue weighted by Crippen LogP contribution is -2.43. The molecule has 0 spiro atoms. The van der Waals surface area contributed by atoms with Gasteiger partial charge in [-0.1, -0.05) is 65.2 Å². The highest BCUT2D eigenvalue weighted by Gasteiger charge is 2.21. The van der Waals surface area contributed by atoms with E-state index in [0.29, 0.717) is 0 Å². The Hall–Kier alpha value is -0.0800. The fraction of sp³-hybridized carbons (Fsp3) is 1.00. The van der Waals surface area contributed by atoms with E-state index in [1.54, 1.807) is 0 Å². The van der Waals surface area contributed by atoms with Gasteiger partial charge in [0.25, 0.3) is 0 Å². The van der Waals surface area contributed by atoms with Gasteiger partial charge >= 0.3 is 0 Å². The molecule has 0 radical (unpaired) electrons. The number of unbranched alkanes of at least 4 members (excludes halogenated alkanes) is 6. The third-order valence-corrected chi connectivity index (χ3v) is 3.83. The second kappa shape index (κ2) is 12.0. The molecule has 18 heavy (non-hydrogen) atoms. The van der Waals surface area contributed by atoms with E-state index in [4.69, 9.17) is 5.11 Å². The summed E-state index contributed by atoms with van der Waals surface area (Å²) in [6, 6.07) is 0. The molecule has 2 nitrogen and oxygen atoms in total. The molecule has 0 aromatic carbocycles. The highest BCUT2D eigenvalue weighted by molar-refractivity contribution is 4.82. The first kappa shape index (κ1) is 17.9. The number of aliphatic hydroxyl groups is 1. The molecular weight excluding hydrogens is 222 g/mol. The van der Waals surface area contributed by atoms with Crippen LogP contribution in [0.4, 0.5) is 0 Å². The Bertz CT molecular complexity index is 158. The second-order valence-electron chi connectivity index (χ2n) is 5.83. The van der Waals surface area contributed by atoms with Crippen molar-refractivity contribution in [3.8, 4) is 0 Å². The highest BCUT2D eigenvalue weighted by atomic mass is 16.3. The lowest BCUT2D eigenvalue weighted by atomic mass is 9.88. The zero-order valence-corrected chi connectivity index (χ0v) is 12.9. The molecule has 0 aromatic rings. The monoisotopic (exact) mass is 257 g/mol. The Morgan fingerprint density at radius 3 is 1.72 bits per heavy atom. The van der Waals surface area contributed by atoms with Gasteiger partial charge in [-0.05, 0) is 19.8 Å². The smallest absolute Gasteiger partial charge is 0.0556 e. The standard InChI is InChI=1S/C16H35NO/c1-4-6-8-10-12-16(3,17-14-15-18)13-11-9-7-5-2/h17-18H,4-15H2,1-3H3. The molecular formula is C16H35NO. The van der Waals surface area contributed by atoms with E-state index in [9.17, 15) is 0 Å². The molecule has 2 heteroatoms. The summed E-state index contributed by atoms with van der Waals surface area (Å²) in [7, 11) is 0. The number of rotatable bonds is 13. The normalized spacial score (nSPS) is 12.0. The fourth-order valence-corrected chi connectivity index (χ4v) is 2.54. The summed E-state index contributed by atoms with van der Waals surface area (Å²) in [5, 5.41) is 12.5. The molecule has 2 N–H and O–H groups in total. The van der Waals surface area contributed by atoms with Crippen molar-refractivity contribution in [2.75, 3.05) is 13.2 Å². The second-order valence-corrected chi connectivity index (χ2v) is 5.83. The molecule has 0 rings (SSSR count). The molecule has 0 saturated heterocycles. The number of aliphatic hydroxyl groups excluding tert-OH is 1. The number of β-amino-alcohol motifs (C(OH)–C–C–N with tert-alkyl or cyclic N) is 1. The summed E-state index contributed by atoms with van der Waals surface area (Å²) in [4.78, 5) is 0. The van der Waals surface area contributed by atoms with Gasteiger partial charge in [-0.25, -0.2) is 0 Å². The van der Waals surface area contributed by atoms with Crippen molar-refractivity contribution in [2.24, 2.45) is 0 Å². The summed E-state index contributed by atoms with van der Waals surface area (Å²) in [6.07, 6.45) is 13.1. The minimum Gasteiger partial charge on any atom is -0.395 e. The van der Waals surface area contributed by atoms with Crippen LogP contribution in [-0.4, -0.2) is 23.8 Å². The van der Waals surface area contributed by atoms with E-state index >= 15 is 0 Å². The van der Waals surface area contributed by atoms with Crippen LogP contribution in [-0.2, 0) is 0 Å². The van der Waals surface area contributed by atoms with Crippen LogP contribution in [0.25, 0.3) is 0 Å². The molecule has 0 atom stereocenters. The van der Waals surface area contributed by atoms with Gasteiger partial charge in [-0.3, -0.25) is 0 Å². The van der Waals surface area contributed by atoms with Crippen LogP contribution in [0.1, 0.15) is 85.0 Å². The summed E-state index contributed by atoms with van der Waals surface area (Å²) in [5.74, 6) is 0. The summed E-state index contributed by atoms with van der Waals surface area (Å²) < 4.78 is 0. The van der Waals surface area contributed by atoms with Gasteiger partial charge in [-0.2, -0.15) is 0 Å². The Kier molecular flexibility index (Phi) is 11.9. The highest BCUT2D eigenvalue weighted by Crippen LogP contribution is 2.22. The van der Waals surface area contributed by atoms with Gasteiger partial charge < -0.3 is 10.4 Å². The Labute approximate surface area is 115 Å². The van der Waals surface area contributed by atoms with E-state index < -0.39 is 0 Å². The predicted molar refractivity (Wildman–Crippen MR) is 81.0 cm³/mol. The Morgan fingerprint density at radius 1 is 0.833 bits per heavy atom. The van der Waals surface area contributed by atoms with Gasteiger partial charge in [0.15, 0.2) is 0 Å². The van der Waals surface area contributed by atoms with Gasteiger partial charge in [0.05, 0.1) is 6.61 Å². The average Bonchev–Trinajstić information content (AvgIpc) is 2.38. The van der Waals surface area contributed by atoms with Crippen LogP contribution < -0.4 is 5.32 Å². The molecule has 0 aliphatic carbocycles. The van der Waals surface area contributed by atoms with Crippen molar-refractivity contribution < 1.29 is 5.11 Å². The Morgan fingerprint density at radius 2 is 1.33 bits per heavy atom. The van der Waals surface area contributed by atoms with Crippen molar-refractivity contribution in [1.82, 2.24) is 5.32 Å². The lowest BCUT2D eigenvalue weighted by Gasteiger charge is -2.31. The first-order valence-corrected chi connectivity index (χ1v) is 8.04. The summed E-state index contributed by atoms with van der Waals surface area (Å²) >= 11 is 0. The number of hydrogen-bond acceptors (Lipinski definition) is 2. The Balaban J connectivity index is 3.90. The molecule has 0 aliphatic heterocycles.